The smallest absolute Gasteiger partial charge is 0.0538 e. The van der Waals surface area contributed by atoms with Gasteiger partial charge in [0.2, 0.25) is 0 Å². The van der Waals surface area contributed by atoms with Crippen LogP contribution in [0, 0.1) is 0 Å². The summed E-state index contributed by atoms with van der Waals surface area (Å²) in [7, 11) is 0. The van der Waals surface area contributed by atoms with E-state index in [1.807, 2.05) is 12.4 Å². The van der Waals surface area contributed by atoms with E-state index >= 15 is 0 Å². The first-order valence-electron chi connectivity index (χ1n) is 16.9. The lowest BCUT2D eigenvalue weighted by atomic mass is 9.97. The predicted molar refractivity (Wildman–Crippen MR) is 214 cm³/mol. The zero-order chi connectivity index (χ0) is 33.3. The van der Waals surface area contributed by atoms with Crippen LogP contribution in [0.1, 0.15) is 0 Å². The van der Waals surface area contributed by atoms with Gasteiger partial charge in [-0.05, 0) is 105 Å². The number of anilines is 3. The van der Waals surface area contributed by atoms with E-state index in [-0.39, 0.29) is 0 Å². The molecule has 0 atom stereocenters. The molecule has 0 aliphatic carbocycles. The summed E-state index contributed by atoms with van der Waals surface area (Å²) in [6.45, 7) is 0. The second kappa shape index (κ2) is 13.0. The van der Waals surface area contributed by atoms with Gasteiger partial charge in [-0.15, -0.1) is 11.3 Å². The zero-order valence-corrected chi connectivity index (χ0v) is 28.1. The molecule has 50 heavy (non-hydrogen) atoms. The highest BCUT2D eigenvalue weighted by atomic mass is 32.1. The Morgan fingerprint density at radius 1 is 0.340 bits per heavy atom. The molecular weight excluding hydrogens is 625 g/mol. The van der Waals surface area contributed by atoms with Crippen LogP contribution in [0.25, 0.3) is 64.7 Å². The van der Waals surface area contributed by atoms with Gasteiger partial charge >= 0.3 is 0 Å². The van der Waals surface area contributed by atoms with E-state index < -0.39 is 0 Å². The van der Waals surface area contributed by atoms with Crippen LogP contribution in [0.4, 0.5) is 17.1 Å². The highest BCUT2D eigenvalue weighted by Gasteiger charge is 2.14. The number of hydrogen-bond acceptors (Lipinski definition) is 3. The Labute approximate surface area is 296 Å². The van der Waals surface area contributed by atoms with E-state index in [9.17, 15) is 0 Å². The SMILES string of the molecule is c1ccc(-c2ccc(N(c3ccc(-c4ccccc4)cc3)c3ccc(-c4cccc(-c5ccc6sc7cnccc7c6c5)c4)cc3)cc2)cc1. The molecule has 2 aromatic heterocycles. The quantitative estimate of drug-likeness (QED) is 0.170. The Morgan fingerprint density at radius 2 is 0.780 bits per heavy atom. The third-order valence-corrected chi connectivity index (χ3v) is 10.5. The van der Waals surface area contributed by atoms with Gasteiger partial charge in [0, 0.05) is 44.9 Å². The van der Waals surface area contributed by atoms with E-state index in [4.69, 9.17) is 0 Å². The van der Waals surface area contributed by atoms with Crippen LogP contribution < -0.4 is 4.90 Å². The van der Waals surface area contributed by atoms with Crippen molar-refractivity contribution in [1.29, 1.82) is 0 Å². The molecule has 0 spiro atoms. The summed E-state index contributed by atoms with van der Waals surface area (Å²) in [6.07, 6.45) is 3.84. The van der Waals surface area contributed by atoms with Crippen LogP contribution in [0.15, 0.2) is 194 Å². The first-order valence-corrected chi connectivity index (χ1v) is 17.7. The van der Waals surface area contributed by atoms with Gasteiger partial charge in [-0.2, -0.15) is 0 Å². The number of hydrogen-bond donors (Lipinski definition) is 0. The third-order valence-electron chi connectivity index (χ3n) is 9.39. The summed E-state index contributed by atoms with van der Waals surface area (Å²) >= 11 is 1.80. The maximum Gasteiger partial charge on any atom is 0.0538 e. The Hall–Kier alpha value is -6.29. The summed E-state index contributed by atoms with van der Waals surface area (Å²) in [6, 6.07) is 65.5. The van der Waals surface area contributed by atoms with Gasteiger partial charge < -0.3 is 4.90 Å². The molecule has 0 saturated carbocycles. The van der Waals surface area contributed by atoms with Crippen molar-refractivity contribution in [1.82, 2.24) is 4.98 Å². The second-order valence-corrected chi connectivity index (χ2v) is 13.6. The van der Waals surface area contributed by atoms with Gasteiger partial charge in [-0.1, -0.05) is 121 Å². The highest BCUT2D eigenvalue weighted by molar-refractivity contribution is 7.25. The molecule has 2 heterocycles. The molecule has 0 aliphatic rings. The van der Waals surface area contributed by atoms with E-state index in [0.29, 0.717) is 0 Å². The highest BCUT2D eigenvalue weighted by Crippen LogP contribution is 2.39. The third kappa shape index (κ3) is 5.74. The minimum Gasteiger partial charge on any atom is -0.311 e. The summed E-state index contributed by atoms with van der Waals surface area (Å²) in [5.41, 5.74) is 13.0. The summed E-state index contributed by atoms with van der Waals surface area (Å²) in [4.78, 5) is 6.66. The van der Waals surface area contributed by atoms with E-state index in [1.165, 1.54) is 64.7 Å². The number of thiophene rings is 1. The Kier molecular flexibility index (Phi) is 7.73. The molecule has 0 saturated heterocycles. The zero-order valence-electron chi connectivity index (χ0n) is 27.3. The average molecular weight is 657 g/mol. The molecule has 9 aromatic rings. The number of benzene rings is 7. The normalized spacial score (nSPS) is 11.2. The van der Waals surface area contributed by atoms with Gasteiger partial charge in [0.25, 0.3) is 0 Å². The number of pyridine rings is 1. The summed E-state index contributed by atoms with van der Waals surface area (Å²) in [5.74, 6) is 0. The lowest BCUT2D eigenvalue weighted by Gasteiger charge is -2.26. The first kappa shape index (κ1) is 29.8. The molecule has 236 valence electrons. The number of nitrogens with zero attached hydrogens (tertiary/aromatic N) is 2. The van der Waals surface area contributed by atoms with Crippen molar-refractivity contribution < 1.29 is 0 Å². The van der Waals surface area contributed by atoms with Crippen LogP contribution in [0.2, 0.25) is 0 Å². The minimum atomic E-state index is 1.11. The van der Waals surface area contributed by atoms with Crippen molar-refractivity contribution in [3.8, 4) is 44.5 Å². The molecule has 3 heteroatoms. The first-order chi connectivity index (χ1) is 24.8. The fourth-order valence-electron chi connectivity index (χ4n) is 6.81. The van der Waals surface area contributed by atoms with Crippen LogP contribution in [-0.4, -0.2) is 4.98 Å². The maximum absolute atomic E-state index is 4.32. The molecule has 0 radical (unpaired) electrons. The van der Waals surface area contributed by atoms with Gasteiger partial charge in [-0.25, -0.2) is 0 Å². The predicted octanol–water partition coefficient (Wildman–Crippen LogP) is 13.6. The molecule has 0 amide bonds. The van der Waals surface area contributed by atoms with Crippen LogP contribution in [-0.2, 0) is 0 Å². The molecular formula is C47H32N2S. The van der Waals surface area contributed by atoms with Gasteiger partial charge in [0.05, 0.1) is 4.70 Å². The Balaban J connectivity index is 1.06. The average Bonchev–Trinajstić information content (AvgIpc) is 3.58. The Bertz CT molecular complexity index is 2470. The second-order valence-electron chi connectivity index (χ2n) is 12.5. The van der Waals surface area contributed by atoms with Gasteiger partial charge in [-0.3, -0.25) is 4.98 Å². The van der Waals surface area contributed by atoms with Crippen molar-refractivity contribution in [2.45, 2.75) is 0 Å². The van der Waals surface area contributed by atoms with Gasteiger partial charge in [0.1, 0.15) is 0 Å². The molecule has 9 rings (SSSR count). The molecule has 0 aliphatic heterocycles. The van der Waals surface area contributed by atoms with Crippen LogP contribution in [0.5, 0.6) is 0 Å². The number of aromatic nitrogens is 1. The molecule has 2 nitrogen and oxygen atoms in total. The summed E-state index contributed by atoms with van der Waals surface area (Å²) in [5, 5.41) is 2.55. The van der Waals surface area contributed by atoms with Crippen molar-refractivity contribution in [3.05, 3.63) is 194 Å². The van der Waals surface area contributed by atoms with Gasteiger partial charge in [0.15, 0.2) is 0 Å². The number of fused-ring (bicyclic) bond motifs is 3. The number of rotatable bonds is 7. The standard InChI is InChI=1S/C47H32N2S/c1-3-8-33(9-4-1)35-14-21-41(22-15-35)49(42-23-16-36(17-24-42)34-10-5-2-6-11-34)43-25-18-37(19-26-43)38-12-7-13-39(30-38)40-20-27-46-45(31-40)44-28-29-48-32-47(44)50-46/h1-32H. The monoisotopic (exact) mass is 656 g/mol. The van der Waals surface area contributed by atoms with Crippen LogP contribution >= 0.6 is 11.3 Å². The Morgan fingerprint density at radius 3 is 1.34 bits per heavy atom. The lowest BCUT2D eigenvalue weighted by molar-refractivity contribution is 1.28. The largest absolute Gasteiger partial charge is 0.311 e. The molecule has 0 N–H and O–H groups in total. The summed E-state index contributed by atoms with van der Waals surface area (Å²) < 4.78 is 2.51. The molecule has 0 bridgehead atoms. The minimum absolute atomic E-state index is 1.11. The van der Waals surface area contributed by atoms with E-state index in [2.05, 4.69) is 192 Å². The van der Waals surface area contributed by atoms with Crippen molar-refractivity contribution in [2.24, 2.45) is 0 Å². The van der Waals surface area contributed by atoms with Crippen molar-refractivity contribution >= 4 is 48.6 Å². The fourth-order valence-corrected chi connectivity index (χ4v) is 7.86. The van der Waals surface area contributed by atoms with Crippen LogP contribution in [0.3, 0.4) is 0 Å². The van der Waals surface area contributed by atoms with E-state index in [1.54, 1.807) is 11.3 Å². The topological polar surface area (TPSA) is 16.1 Å². The fraction of sp³-hybridized carbons (Fsp3) is 0. The maximum atomic E-state index is 4.32. The lowest BCUT2D eigenvalue weighted by Crippen LogP contribution is -2.09. The molecule has 0 fully saturated rings. The van der Waals surface area contributed by atoms with Crippen molar-refractivity contribution in [2.75, 3.05) is 4.90 Å². The molecule has 7 aromatic carbocycles. The van der Waals surface area contributed by atoms with Crippen molar-refractivity contribution in [3.63, 3.8) is 0 Å². The van der Waals surface area contributed by atoms with E-state index in [0.717, 1.165) is 17.1 Å². The molecule has 0 unspecified atom stereocenters.